The summed E-state index contributed by atoms with van der Waals surface area (Å²) in [6, 6.07) is 12.3. The molecule has 1 N–H and O–H groups in total. The molecule has 126 valence electrons. The maximum atomic E-state index is 12.8. The summed E-state index contributed by atoms with van der Waals surface area (Å²) in [5, 5.41) is 13.9. The van der Waals surface area contributed by atoms with E-state index >= 15 is 0 Å². The summed E-state index contributed by atoms with van der Waals surface area (Å²) in [7, 11) is 0. The van der Waals surface area contributed by atoms with Crippen LogP contribution in [0.4, 0.5) is 0 Å². The molecule has 6 nitrogen and oxygen atoms in total. The van der Waals surface area contributed by atoms with E-state index < -0.39 is 5.54 Å². The number of carbonyl (C=O) groups excluding carboxylic acids is 1. The first-order valence-corrected chi connectivity index (χ1v) is 8.08. The first-order chi connectivity index (χ1) is 11.5. The summed E-state index contributed by atoms with van der Waals surface area (Å²) in [5.41, 5.74) is 0.367. The molecule has 1 amide bonds. The molecule has 0 aliphatic carbocycles. The molecule has 1 unspecified atom stereocenters. The van der Waals surface area contributed by atoms with E-state index in [4.69, 9.17) is 0 Å². The minimum absolute atomic E-state index is 0.0810. The van der Waals surface area contributed by atoms with Crippen LogP contribution in [0.15, 0.2) is 47.3 Å². The zero-order chi connectivity index (χ0) is 17.2. The summed E-state index contributed by atoms with van der Waals surface area (Å²) in [4.78, 5) is 26.5. The van der Waals surface area contributed by atoms with Crippen LogP contribution in [0.2, 0.25) is 0 Å². The van der Waals surface area contributed by atoms with Crippen LogP contribution >= 0.6 is 0 Å². The van der Waals surface area contributed by atoms with Gasteiger partial charge in [0.25, 0.3) is 11.5 Å². The molecular weight excluding hydrogens is 306 g/mol. The summed E-state index contributed by atoms with van der Waals surface area (Å²) < 4.78 is 1.30. The largest absolute Gasteiger partial charge is 0.394 e. The normalized spacial score (nSPS) is 20.3. The van der Waals surface area contributed by atoms with Crippen molar-refractivity contribution >= 4 is 5.91 Å². The van der Waals surface area contributed by atoms with E-state index in [9.17, 15) is 14.7 Å². The van der Waals surface area contributed by atoms with Gasteiger partial charge >= 0.3 is 0 Å². The van der Waals surface area contributed by atoms with Crippen molar-refractivity contribution in [3.8, 4) is 0 Å². The zero-order valence-corrected chi connectivity index (χ0v) is 13.7. The molecule has 6 heteroatoms. The number of carbonyl (C=O) groups is 1. The second-order valence-electron chi connectivity index (χ2n) is 6.42. The Morgan fingerprint density at radius 3 is 2.71 bits per heavy atom. The topological polar surface area (TPSA) is 75.4 Å². The fourth-order valence-electron chi connectivity index (χ4n) is 3.10. The SMILES string of the molecule is CC1(CO)CCCN1C(=O)c1ccc(=O)n(Cc2ccccc2)n1. The Morgan fingerprint density at radius 1 is 1.25 bits per heavy atom. The zero-order valence-electron chi connectivity index (χ0n) is 13.7. The van der Waals surface area contributed by atoms with Crippen LogP contribution in [0, 0.1) is 0 Å². The summed E-state index contributed by atoms with van der Waals surface area (Å²) >= 11 is 0. The molecule has 24 heavy (non-hydrogen) atoms. The maximum absolute atomic E-state index is 12.8. The van der Waals surface area contributed by atoms with Crippen molar-refractivity contribution in [2.45, 2.75) is 31.8 Å². The highest BCUT2D eigenvalue weighted by Gasteiger charge is 2.39. The number of nitrogens with zero attached hydrogens (tertiary/aromatic N) is 3. The van der Waals surface area contributed by atoms with Crippen molar-refractivity contribution in [1.29, 1.82) is 0 Å². The fourth-order valence-corrected chi connectivity index (χ4v) is 3.10. The Morgan fingerprint density at radius 2 is 2.00 bits per heavy atom. The summed E-state index contributed by atoms with van der Waals surface area (Å²) in [6.45, 7) is 2.70. The van der Waals surface area contributed by atoms with Crippen LogP contribution in [0.1, 0.15) is 35.8 Å². The Hall–Kier alpha value is -2.47. The Kier molecular flexibility index (Phi) is 4.49. The van der Waals surface area contributed by atoms with Gasteiger partial charge in [-0.2, -0.15) is 5.10 Å². The molecule has 1 aliphatic rings. The fraction of sp³-hybridized carbons (Fsp3) is 0.389. The van der Waals surface area contributed by atoms with Crippen molar-refractivity contribution < 1.29 is 9.90 Å². The lowest BCUT2D eigenvalue weighted by molar-refractivity contribution is 0.0465. The monoisotopic (exact) mass is 327 g/mol. The van der Waals surface area contributed by atoms with Crippen LogP contribution in [-0.2, 0) is 6.54 Å². The highest BCUT2D eigenvalue weighted by Crippen LogP contribution is 2.29. The number of likely N-dealkylation sites (tertiary alicyclic amines) is 1. The van der Waals surface area contributed by atoms with Gasteiger partial charge in [-0.25, -0.2) is 4.68 Å². The van der Waals surface area contributed by atoms with Crippen LogP contribution in [0.25, 0.3) is 0 Å². The minimum Gasteiger partial charge on any atom is -0.394 e. The average Bonchev–Trinajstić information content (AvgIpc) is 2.99. The van der Waals surface area contributed by atoms with E-state index in [1.54, 1.807) is 4.90 Å². The van der Waals surface area contributed by atoms with E-state index in [1.807, 2.05) is 37.3 Å². The molecule has 1 aromatic heterocycles. The molecule has 1 saturated heterocycles. The highest BCUT2D eigenvalue weighted by atomic mass is 16.3. The predicted molar refractivity (Wildman–Crippen MR) is 89.8 cm³/mol. The van der Waals surface area contributed by atoms with Crippen molar-refractivity contribution in [3.63, 3.8) is 0 Å². The maximum Gasteiger partial charge on any atom is 0.274 e. The van der Waals surface area contributed by atoms with Crippen LogP contribution in [-0.4, -0.2) is 44.4 Å². The molecule has 1 aromatic carbocycles. The van der Waals surface area contributed by atoms with Gasteiger partial charge < -0.3 is 10.0 Å². The average molecular weight is 327 g/mol. The summed E-state index contributed by atoms with van der Waals surface area (Å²) in [6.07, 6.45) is 1.62. The smallest absolute Gasteiger partial charge is 0.274 e. The van der Waals surface area contributed by atoms with Gasteiger partial charge in [0.2, 0.25) is 0 Å². The van der Waals surface area contributed by atoms with Gasteiger partial charge in [0.1, 0.15) is 5.69 Å². The van der Waals surface area contributed by atoms with Gasteiger partial charge in [0.05, 0.1) is 18.7 Å². The lowest BCUT2D eigenvalue weighted by atomic mass is 10.00. The quantitative estimate of drug-likeness (QED) is 0.918. The van der Waals surface area contributed by atoms with Crippen molar-refractivity contribution in [2.24, 2.45) is 0 Å². The van der Waals surface area contributed by atoms with Crippen LogP contribution in [0.5, 0.6) is 0 Å². The number of hydrogen-bond donors (Lipinski definition) is 1. The second kappa shape index (κ2) is 6.57. The Bertz CT molecular complexity index is 788. The first-order valence-electron chi connectivity index (χ1n) is 8.08. The Labute approximate surface area is 140 Å². The van der Waals surface area contributed by atoms with Gasteiger partial charge in [0.15, 0.2) is 0 Å². The highest BCUT2D eigenvalue weighted by molar-refractivity contribution is 5.92. The second-order valence-corrected chi connectivity index (χ2v) is 6.42. The number of hydrogen-bond acceptors (Lipinski definition) is 4. The third kappa shape index (κ3) is 3.10. The van der Waals surface area contributed by atoms with Gasteiger partial charge in [-0.15, -0.1) is 0 Å². The lowest BCUT2D eigenvalue weighted by Gasteiger charge is -2.33. The molecule has 1 atom stereocenters. The first kappa shape index (κ1) is 16.4. The molecule has 0 bridgehead atoms. The van der Waals surface area contributed by atoms with Crippen LogP contribution in [0.3, 0.4) is 0 Å². The number of rotatable bonds is 4. The lowest BCUT2D eigenvalue weighted by Crippen LogP contribution is -2.48. The Balaban J connectivity index is 1.88. The van der Waals surface area contributed by atoms with E-state index in [2.05, 4.69) is 5.10 Å². The summed E-state index contributed by atoms with van der Waals surface area (Å²) in [5.74, 6) is -0.245. The van der Waals surface area contributed by atoms with Gasteiger partial charge in [0, 0.05) is 12.6 Å². The van der Waals surface area contributed by atoms with E-state index in [0.717, 1.165) is 18.4 Å². The van der Waals surface area contributed by atoms with E-state index in [-0.39, 0.29) is 23.8 Å². The molecule has 3 rings (SSSR count). The third-order valence-corrected chi connectivity index (χ3v) is 4.60. The van der Waals surface area contributed by atoms with Crippen molar-refractivity contribution in [2.75, 3.05) is 13.2 Å². The standard InChI is InChI=1S/C18H21N3O3/c1-18(13-22)10-5-11-20(18)17(24)15-8-9-16(23)21(19-15)12-14-6-3-2-4-7-14/h2-4,6-9,22H,5,10-13H2,1H3. The van der Waals surface area contributed by atoms with Crippen LogP contribution < -0.4 is 5.56 Å². The molecule has 2 heterocycles. The number of aliphatic hydroxyl groups is 1. The number of aliphatic hydroxyl groups excluding tert-OH is 1. The van der Waals surface area contributed by atoms with Gasteiger partial charge in [-0.3, -0.25) is 9.59 Å². The molecule has 1 fully saturated rings. The van der Waals surface area contributed by atoms with Gasteiger partial charge in [-0.05, 0) is 31.4 Å². The number of benzene rings is 1. The molecule has 0 spiro atoms. The third-order valence-electron chi connectivity index (χ3n) is 4.60. The van der Waals surface area contributed by atoms with Crippen molar-refractivity contribution in [1.82, 2.24) is 14.7 Å². The predicted octanol–water partition coefficient (Wildman–Crippen LogP) is 1.28. The molecule has 2 aromatic rings. The van der Waals surface area contributed by atoms with E-state index in [0.29, 0.717) is 13.1 Å². The molecule has 1 aliphatic heterocycles. The number of aromatic nitrogens is 2. The molecule has 0 saturated carbocycles. The van der Waals surface area contributed by atoms with E-state index in [1.165, 1.54) is 16.8 Å². The molecule has 0 radical (unpaired) electrons. The van der Waals surface area contributed by atoms with Crippen molar-refractivity contribution in [3.05, 3.63) is 64.1 Å². The number of amides is 1. The molecular formula is C18H21N3O3. The minimum atomic E-state index is -0.556. The van der Waals surface area contributed by atoms with Gasteiger partial charge in [-0.1, -0.05) is 30.3 Å².